The predicted octanol–water partition coefficient (Wildman–Crippen LogP) is 2.58. The first-order chi connectivity index (χ1) is 6.88. The van der Waals surface area contributed by atoms with E-state index in [1.165, 1.54) is 38.5 Å². The Bertz CT molecular complexity index is 138. The van der Waals surface area contributed by atoms with Crippen LogP contribution in [0, 0.1) is 5.92 Å². The maximum atomic E-state index is 5.37. The van der Waals surface area contributed by atoms with E-state index in [4.69, 9.17) is 4.74 Å². The molecule has 0 bridgehead atoms. The van der Waals surface area contributed by atoms with Crippen LogP contribution in [0.1, 0.15) is 45.4 Å². The highest BCUT2D eigenvalue weighted by Crippen LogP contribution is 2.27. The topological polar surface area (TPSA) is 21.3 Å². The highest BCUT2D eigenvalue weighted by molar-refractivity contribution is 4.79. The first kappa shape index (κ1) is 12.0. The Morgan fingerprint density at radius 3 is 2.79 bits per heavy atom. The Morgan fingerprint density at radius 1 is 1.29 bits per heavy atom. The van der Waals surface area contributed by atoms with Crippen molar-refractivity contribution >= 4 is 0 Å². The second-order valence-corrected chi connectivity index (χ2v) is 4.28. The van der Waals surface area contributed by atoms with E-state index in [9.17, 15) is 0 Å². The highest BCUT2D eigenvalue weighted by atomic mass is 16.5. The van der Waals surface area contributed by atoms with Crippen molar-refractivity contribution in [3.63, 3.8) is 0 Å². The smallest absolute Gasteiger partial charge is 0.0466 e. The normalized spacial score (nSPS) is 27.9. The van der Waals surface area contributed by atoms with Gasteiger partial charge in [-0.25, -0.2) is 0 Å². The zero-order valence-corrected chi connectivity index (χ0v) is 9.72. The third kappa shape index (κ3) is 3.97. The molecule has 14 heavy (non-hydrogen) atoms. The molecule has 2 nitrogen and oxygen atoms in total. The average molecular weight is 199 g/mol. The van der Waals surface area contributed by atoms with Crippen molar-refractivity contribution < 1.29 is 4.74 Å². The monoisotopic (exact) mass is 199 g/mol. The van der Waals surface area contributed by atoms with Gasteiger partial charge in [0.1, 0.15) is 0 Å². The molecule has 1 fully saturated rings. The summed E-state index contributed by atoms with van der Waals surface area (Å²) in [7, 11) is 2.10. The third-order valence-corrected chi connectivity index (χ3v) is 3.35. The Labute approximate surface area is 88.4 Å². The van der Waals surface area contributed by atoms with Crippen molar-refractivity contribution in [2.75, 3.05) is 20.3 Å². The summed E-state index contributed by atoms with van der Waals surface area (Å²) < 4.78 is 5.37. The maximum Gasteiger partial charge on any atom is 0.0466 e. The minimum absolute atomic E-state index is 0.769. The van der Waals surface area contributed by atoms with Gasteiger partial charge in [0.25, 0.3) is 0 Å². The molecule has 0 aromatic heterocycles. The summed E-state index contributed by atoms with van der Waals surface area (Å²) in [6.45, 7) is 3.88. The molecule has 0 aliphatic heterocycles. The van der Waals surface area contributed by atoms with Gasteiger partial charge < -0.3 is 10.1 Å². The number of hydrogen-bond donors (Lipinski definition) is 1. The van der Waals surface area contributed by atoms with Crippen LogP contribution in [0.3, 0.4) is 0 Å². The molecular formula is C12H25NO. The lowest BCUT2D eigenvalue weighted by Gasteiger charge is -2.31. The lowest BCUT2D eigenvalue weighted by molar-refractivity contribution is 0.133. The van der Waals surface area contributed by atoms with E-state index in [0.29, 0.717) is 0 Å². The lowest BCUT2D eigenvalue weighted by atomic mass is 9.82. The van der Waals surface area contributed by atoms with Crippen LogP contribution in [-0.2, 0) is 4.74 Å². The zero-order valence-electron chi connectivity index (χ0n) is 9.72. The van der Waals surface area contributed by atoms with Crippen molar-refractivity contribution in [2.24, 2.45) is 5.92 Å². The van der Waals surface area contributed by atoms with Crippen LogP contribution in [0.5, 0.6) is 0 Å². The van der Waals surface area contributed by atoms with E-state index in [0.717, 1.165) is 25.2 Å². The van der Waals surface area contributed by atoms with Gasteiger partial charge >= 0.3 is 0 Å². The summed E-state index contributed by atoms with van der Waals surface area (Å²) in [5.41, 5.74) is 0. The molecule has 2 atom stereocenters. The maximum absolute atomic E-state index is 5.37. The first-order valence-electron chi connectivity index (χ1n) is 6.13. The summed E-state index contributed by atoms with van der Waals surface area (Å²) in [4.78, 5) is 0. The molecule has 1 saturated carbocycles. The molecule has 1 aliphatic carbocycles. The standard InChI is InChI=1S/C12H25NO/c1-3-14-10-6-8-11-7-4-5-9-12(11)13-2/h11-13H,3-10H2,1-2H3. The number of hydrogen-bond acceptors (Lipinski definition) is 2. The summed E-state index contributed by atoms with van der Waals surface area (Å²) in [5.74, 6) is 0.897. The molecule has 2 heteroatoms. The molecular weight excluding hydrogens is 174 g/mol. The minimum Gasteiger partial charge on any atom is -0.382 e. The first-order valence-corrected chi connectivity index (χ1v) is 6.13. The van der Waals surface area contributed by atoms with Crippen LogP contribution >= 0.6 is 0 Å². The molecule has 0 radical (unpaired) electrons. The quantitative estimate of drug-likeness (QED) is 0.664. The average Bonchev–Trinajstić information content (AvgIpc) is 2.25. The van der Waals surface area contributed by atoms with E-state index in [2.05, 4.69) is 19.3 Å². The molecule has 1 aliphatic rings. The van der Waals surface area contributed by atoms with Crippen LogP contribution in [-0.4, -0.2) is 26.3 Å². The zero-order chi connectivity index (χ0) is 10.2. The molecule has 0 amide bonds. The van der Waals surface area contributed by atoms with E-state index in [1.54, 1.807) is 0 Å². The third-order valence-electron chi connectivity index (χ3n) is 3.35. The number of ether oxygens (including phenoxy) is 1. The molecule has 1 rings (SSSR count). The van der Waals surface area contributed by atoms with E-state index >= 15 is 0 Å². The highest BCUT2D eigenvalue weighted by Gasteiger charge is 2.22. The number of rotatable bonds is 6. The fourth-order valence-corrected chi connectivity index (χ4v) is 2.53. The van der Waals surface area contributed by atoms with Gasteiger partial charge in [-0.3, -0.25) is 0 Å². The van der Waals surface area contributed by atoms with Crippen molar-refractivity contribution in [3.05, 3.63) is 0 Å². The van der Waals surface area contributed by atoms with Gasteiger partial charge in [0.2, 0.25) is 0 Å². The Balaban J connectivity index is 2.13. The van der Waals surface area contributed by atoms with E-state index in [-0.39, 0.29) is 0 Å². The molecule has 0 heterocycles. The summed E-state index contributed by atoms with van der Waals surface area (Å²) in [6.07, 6.45) is 8.20. The van der Waals surface area contributed by atoms with Crippen molar-refractivity contribution in [2.45, 2.75) is 51.5 Å². The molecule has 0 aromatic carbocycles. The second-order valence-electron chi connectivity index (χ2n) is 4.28. The van der Waals surface area contributed by atoms with Gasteiger partial charge in [0.05, 0.1) is 0 Å². The van der Waals surface area contributed by atoms with Gasteiger partial charge in [0.15, 0.2) is 0 Å². The van der Waals surface area contributed by atoms with Gasteiger partial charge in [0, 0.05) is 19.3 Å². The van der Waals surface area contributed by atoms with E-state index < -0.39 is 0 Å². The summed E-state index contributed by atoms with van der Waals surface area (Å²) >= 11 is 0. The molecule has 0 aromatic rings. The number of nitrogens with one attached hydrogen (secondary N) is 1. The van der Waals surface area contributed by atoms with Crippen LogP contribution in [0.4, 0.5) is 0 Å². The van der Waals surface area contributed by atoms with Gasteiger partial charge in [-0.1, -0.05) is 12.8 Å². The van der Waals surface area contributed by atoms with Crippen LogP contribution < -0.4 is 5.32 Å². The van der Waals surface area contributed by atoms with Crippen molar-refractivity contribution in [1.29, 1.82) is 0 Å². The van der Waals surface area contributed by atoms with Gasteiger partial charge in [-0.05, 0) is 45.6 Å². The largest absolute Gasteiger partial charge is 0.382 e. The van der Waals surface area contributed by atoms with Crippen LogP contribution in [0.25, 0.3) is 0 Å². The Kier molecular flexibility index (Phi) is 6.20. The predicted molar refractivity (Wildman–Crippen MR) is 60.5 cm³/mol. The van der Waals surface area contributed by atoms with Crippen LogP contribution in [0.2, 0.25) is 0 Å². The Morgan fingerprint density at radius 2 is 2.07 bits per heavy atom. The van der Waals surface area contributed by atoms with Crippen molar-refractivity contribution in [3.8, 4) is 0 Å². The van der Waals surface area contributed by atoms with Gasteiger partial charge in [-0.2, -0.15) is 0 Å². The SMILES string of the molecule is CCOCCCC1CCCCC1NC. The summed E-state index contributed by atoms with van der Waals surface area (Å²) in [5, 5.41) is 3.45. The molecule has 0 saturated heterocycles. The van der Waals surface area contributed by atoms with Gasteiger partial charge in [-0.15, -0.1) is 0 Å². The Hall–Kier alpha value is -0.0800. The molecule has 2 unspecified atom stereocenters. The molecule has 1 N–H and O–H groups in total. The lowest BCUT2D eigenvalue weighted by Crippen LogP contribution is -2.36. The minimum atomic E-state index is 0.769. The van der Waals surface area contributed by atoms with Crippen molar-refractivity contribution in [1.82, 2.24) is 5.32 Å². The molecule has 84 valence electrons. The van der Waals surface area contributed by atoms with E-state index in [1.807, 2.05) is 0 Å². The fraction of sp³-hybridized carbons (Fsp3) is 1.00. The van der Waals surface area contributed by atoms with Crippen LogP contribution in [0.15, 0.2) is 0 Å². The fourth-order valence-electron chi connectivity index (χ4n) is 2.53. The molecule has 0 spiro atoms. The second kappa shape index (κ2) is 7.24. The summed E-state index contributed by atoms with van der Waals surface area (Å²) in [6, 6.07) is 0.769.